The fraction of sp³-hybridized carbons (Fsp3) is 0.167. The lowest BCUT2D eigenvalue weighted by molar-refractivity contribution is 0.415. The molecule has 0 saturated carbocycles. The maximum atomic E-state index is 13.2. The molecule has 0 unspecified atom stereocenters. The SMILES string of the molecule is COc1cccc(-c2cnc(NCc3cccc(F)c3)n2C)c1. The van der Waals surface area contributed by atoms with Crippen LogP contribution in [-0.4, -0.2) is 16.7 Å². The van der Waals surface area contributed by atoms with Crippen molar-refractivity contribution in [1.29, 1.82) is 0 Å². The second-order valence-electron chi connectivity index (χ2n) is 5.24. The van der Waals surface area contributed by atoms with Gasteiger partial charge < -0.3 is 14.6 Å². The first kappa shape index (κ1) is 15.1. The van der Waals surface area contributed by atoms with Gasteiger partial charge in [0.25, 0.3) is 0 Å². The maximum Gasteiger partial charge on any atom is 0.203 e. The summed E-state index contributed by atoms with van der Waals surface area (Å²) in [7, 11) is 3.59. The molecule has 0 atom stereocenters. The Hall–Kier alpha value is -2.82. The zero-order valence-electron chi connectivity index (χ0n) is 13.1. The van der Waals surface area contributed by atoms with Gasteiger partial charge in [0.1, 0.15) is 11.6 Å². The van der Waals surface area contributed by atoms with Crippen LogP contribution in [0.3, 0.4) is 0 Å². The summed E-state index contributed by atoms with van der Waals surface area (Å²) in [5, 5.41) is 3.23. The van der Waals surface area contributed by atoms with Crippen molar-refractivity contribution in [3.05, 3.63) is 66.1 Å². The van der Waals surface area contributed by atoms with E-state index >= 15 is 0 Å². The topological polar surface area (TPSA) is 39.1 Å². The number of aromatic nitrogens is 2. The lowest BCUT2D eigenvalue weighted by atomic mass is 10.1. The van der Waals surface area contributed by atoms with Gasteiger partial charge in [-0.15, -0.1) is 0 Å². The zero-order chi connectivity index (χ0) is 16.2. The largest absolute Gasteiger partial charge is 0.497 e. The van der Waals surface area contributed by atoms with E-state index in [2.05, 4.69) is 10.3 Å². The third-order valence-corrected chi connectivity index (χ3v) is 3.69. The van der Waals surface area contributed by atoms with Crippen molar-refractivity contribution in [2.75, 3.05) is 12.4 Å². The standard InChI is InChI=1S/C18H18FN3O/c1-22-17(14-6-4-8-16(10-14)23-2)12-21-18(22)20-11-13-5-3-7-15(19)9-13/h3-10,12H,11H2,1-2H3,(H,20,21). The number of benzene rings is 2. The van der Waals surface area contributed by atoms with E-state index in [1.165, 1.54) is 12.1 Å². The molecular formula is C18H18FN3O. The van der Waals surface area contributed by atoms with Crippen molar-refractivity contribution in [2.24, 2.45) is 7.05 Å². The first-order valence-corrected chi connectivity index (χ1v) is 7.32. The van der Waals surface area contributed by atoms with Gasteiger partial charge in [0.15, 0.2) is 0 Å². The van der Waals surface area contributed by atoms with Gasteiger partial charge in [0, 0.05) is 19.2 Å². The van der Waals surface area contributed by atoms with Crippen molar-refractivity contribution in [3.8, 4) is 17.0 Å². The Morgan fingerprint density at radius 1 is 1.17 bits per heavy atom. The number of anilines is 1. The third kappa shape index (κ3) is 3.34. The first-order chi connectivity index (χ1) is 11.2. The summed E-state index contributed by atoms with van der Waals surface area (Å²) in [4.78, 5) is 4.40. The Bertz CT molecular complexity index is 814. The van der Waals surface area contributed by atoms with Gasteiger partial charge in [0.2, 0.25) is 5.95 Å². The summed E-state index contributed by atoms with van der Waals surface area (Å²) in [5.41, 5.74) is 2.87. The molecule has 0 aliphatic heterocycles. The fourth-order valence-electron chi connectivity index (χ4n) is 2.45. The molecule has 23 heavy (non-hydrogen) atoms. The van der Waals surface area contributed by atoms with E-state index in [9.17, 15) is 4.39 Å². The van der Waals surface area contributed by atoms with E-state index in [1.807, 2.05) is 48.1 Å². The van der Waals surface area contributed by atoms with E-state index in [0.29, 0.717) is 6.54 Å². The van der Waals surface area contributed by atoms with Gasteiger partial charge in [-0.2, -0.15) is 0 Å². The predicted molar refractivity (Wildman–Crippen MR) is 88.9 cm³/mol. The number of methoxy groups -OCH3 is 1. The van der Waals surface area contributed by atoms with Crippen LogP contribution in [0.2, 0.25) is 0 Å². The monoisotopic (exact) mass is 311 g/mol. The lowest BCUT2D eigenvalue weighted by Crippen LogP contribution is -2.05. The smallest absolute Gasteiger partial charge is 0.203 e. The molecule has 0 aliphatic carbocycles. The van der Waals surface area contributed by atoms with Crippen LogP contribution >= 0.6 is 0 Å². The number of hydrogen-bond donors (Lipinski definition) is 1. The molecule has 0 saturated heterocycles. The number of hydrogen-bond acceptors (Lipinski definition) is 3. The van der Waals surface area contributed by atoms with Crippen molar-refractivity contribution < 1.29 is 9.13 Å². The van der Waals surface area contributed by atoms with E-state index < -0.39 is 0 Å². The highest BCUT2D eigenvalue weighted by Crippen LogP contribution is 2.25. The fourth-order valence-corrected chi connectivity index (χ4v) is 2.45. The molecule has 0 fully saturated rings. The van der Waals surface area contributed by atoms with E-state index in [-0.39, 0.29) is 5.82 Å². The van der Waals surface area contributed by atoms with Gasteiger partial charge in [-0.3, -0.25) is 0 Å². The van der Waals surface area contributed by atoms with Gasteiger partial charge in [-0.05, 0) is 29.8 Å². The molecule has 4 nitrogen and oxygen atoms in total. The minimum absolute atomic E-state index is 0.235. The molecule has 118 valence electrons. The van der Waals surface area contributed by atoms with Gasteiger partial charge in [-0.25, -0.2) is 9.37 Å². The van der Waals surface area contributed by atoms with E-state index in [1.54, 1.807) is 13.2 Å². The van der Waals surface area contributed by atoms with Gasteiger partial charge in [0.05, 0.1) is 19.0 Å². The Balaban J connectivity index is 1.79. The van der Waals surface area contributed by atoms with Crippen molar-refractivity contribution in [1.82, 2.24) is 9.55 Å². The van der Waals surface area contributed by atoms with Crippen LogP contribution in [0.4, 0.5) is 10.3 Å². The summed E-state index contributed by atoms with van der Waals surface area (Å²) in [6.07, 6.45) is 1.81. The molecule has 0 aliphatic rings. The maximum absolute atomic E-state index is 13.2. The predicted octanol–water partition coefficient (Wildman–Crippen LogP) is 3.85. The molecule has 1 N–H and O–H groups in total. The van der Waals surface area contributed by atoms with Gasteiger partial charge >= 0.3 is 0 Å². The van der Waals surface area contributed by atoms with Crippen LogP contribution in [0.15, 0.2) is 54.7 Å². The number of nitrogens with one attached hydrogen (secondary N) is 1. The minimum Gasteiger partial charge on any atom is -0.497 e. The average molecular weight is 311 g/mol. The molecule has 0 spiro atoms. The molecule has 0 bridgehead atoms. The summed E-state index contributed by atoms with van der Waals surface area (Å²) >= 11 is 0. The lowest BCUT2D eigenvalue weighted by Gasteiger charge is -2.09. The van der Waals surface area contributed by atoms with Gasteiger partial charge in [-0.1, -0.05) is 24.3 Å². The second-order valence-corrected chi connectivity index (χ2v) is 5.24. The Morgan fingerprint density at radius 2 is 2.00 bits per heavy atom. The van der Waals surface area contributed by atoms with Crippen LogP contribution in [0.25, 0.3) is 11.3 Å². The number of halogens is 1. The normalized spacial score (nSPS) is 10.6. The first-order valence-electron chi connectivity index (χ1n) is 7.32. The van der Waals surface area contributed by atoms with Crippen LogP contribution < -0.4 is 10.1 Å². The Labute approximate surface area is 134 Å². The average Bonchev–Trinajstić information content (AvgIpc) is 2.94. The minimum atomic E-state index is -0.235. The summed E-state index contributed by atoms with van der Waals surface area (Å²) in [5.74, 6) is 1.30. The molecule has 0 radical (unpaired) electrons. The molecule has 2 aromatic carbocycles. The number of ether oxygens (including phenoxy) is 1. The van der Waals surface area contributed by atoms with E-state index in [0.717, 1.165) is 28.5 Å². The van der Waals surface area contributed by atoms with Crippen LogP contribution in [-0.2, 0) is 13.6 Å². The number of imidazole rings is 1. The Morgan fingerprint density at radius 3 is 2.78 bits per heavy atom. The zero-order valence-corrected chi connectivity index (χ0v) is 13.1. The highest BCUT2D eigenvalue weighted by Gasteiger charge is 2.09. The molecular weight excluding hydrogens is 293 g/mol. The summed E-state index contributed by atoms with van der Waals surface area (Å²) in [6, 6.07) is 14.4. The second kappa shape index (κ2) is 6.52. The summed E-state index contributed by atoms with van der Waals surface area (Å²) < 4.78 is 20.4. The third-order valence-electron chi connectivity index (χ3n) is 3.69. The quantitative estimate of drug-likeness (QED) is 0.778. The van der Waals surface area contributed by atoms with Crippen LogP contribution in [0.1, 0.15) is 5.56 Å². The van der Waals surface area contributed by atoms with E-state index in [4.69, 9.17) is 4.74 Å². The van der Waals surface area contributed by atoms with Crippen molar-refractivity contribution >= 4 is 5.95 Å². The highest BCUT2D eigenvalue weighted by atomic mass is 19.1. The number of nitrogens with zero attached hydrogens (tertiary/aromatic N) is 2. The molecule has 1 aromatic heterocycles. The summed E-state index contributed by atoms with van der Waals surface area (Å²) in [6.45, 7) is 0.514. The van der Waals surface area contributed by atoms with Crippen molar-refractivity contribution in [2.45, 2.75) is 6.54 Å². The van der Waals surface area contributed by atoms with Crippen LogP contribution in [0, 0.1) is 5.82 Å². The van der Waals surface area contributed by atoms with Crippen LogP contribution in [0.5, 0.6) is 5.75 Å². The molecule has 0 amide bonds. The molecule has 3 aromatic rings. The molecule has 3 rings (SSSR count). The molecule has 1 heterocycles. The van der Waals surface area contributed by atoms with Crippen molar-refractivity contribution in [3.63, 3.8) is 0 Å². The number of rotatable bonds is 5. The Kier molecular flexibility index (Phi) is 4.28. The highest BCUT2D eigenvalue weighted by molar-refractivity contribution is 5.63. The molecule has 5 heteroatoms.